The molecule has 2 aliphatic rings. The highest BCUT2D eigenvalue weighted by Gasteiger charge is 2.58. The van der Waals surface area contributed by atoms with E-state index in [0.29, 0.717) is 30.3 Å². The van der Waals surface area contributed by atoms with E-state index in [1.54, 1.807) is 38.5 Å². The predicted octanol–water partition coefficient (Wildman–Crippen LogP) is 4.12. The van der Waals surface area contributed by atoms with Crippen molar-refractivity contribution in [1.29, 1.82) is 0 Å². The van der Waals surface area contributed by atoms with Crippen LogP contribution < -0.4 is 23.7 Å². The Morgan fingerprint density at radius 2 is 1.23 bits per heavy atom. The van der Waals surface area contributed by atoms with Crippen LogP contribution in [0.25, 0.3) is 0 Å². The molecule has 3 aromatic rings. The van der Waals surface area contributed by atoms with Gasteiger partial charge in [0.25, 0.3) is 0 Å². The van der Waals surface area contributed by atoms with E-state index in [9.17, 15) is 14.5 Å². The number of amides is 2. The second-order valence-corrected chi connectivity index (χ2v) is 11.2. The fourth-order valence-corrected chi connectivity index (χ4v) is 8.25. The van der Waals surface area contributed by atoms with Crippen LogP contribution in [0.3, 0.4) is 0 Å². The first-order chi connectivity index (χ1) is 17.0. The second kappa shape index (κ2) is 9.21. The lowest BCUT2D eigenvalue weighted by Crippen LogP contribution is -2.39. The summed E-state index contributed by atoms with van der Waals surface area (Å²) in [7, 11) is -0.162. The molecule has 2 heterocycles. The fourth-order valence-electron chi connectivity index (χ4n) is 4.79. The molecule has 3 aromatic carbocycles. The minimum Gasteiger partial charge on any atom is -0.497 e. The van der Waals surface area contributed by atoms with Gasteiger partial charge in [0.05, 0.1) is 19.9 Å². The number of para-hydroxylation sites is 1. The molecule has 181 valence electrons. The number of carbonyl (C=O) groups excluding carboxylic acids is 2. The summed E-state index contributed by atoms with van der Waals surface area (Å²) in [5, 5.41) is 0. The Hall–Kier alpha value is -3.61. The van der Waals surface area contributed by atoms with Crippen molar-refractivity contribution in [2.75, 3.05) is 41.5 Å². The van der Waals surface area contributed by atoms with Crippen LogP contribution in [0.1, 0.15) is 6.42 Å². The highest BCUT2D eigenvalue weighted by Crippen LogP contribution is 2.71. The number of carbonyl (C=O) groups is 2. The van der Waals surface area contributed by atoms with E-state index in [2.05, 4.69) is 0 Å². The molecular weight excluding hydrogens is 465 g/mol. The number of ether oxygens (including phenoxy) is 2. The maximum atomic E-state index is 13.7. The minimum atomic E-state index is -3.36. The summed E-state index contributed by atoms with van der Waals surface area (Å²) >= 11 is 0. The Morgan fingerprint density at radius 1 is 0.743 bits per heavy atom. The molecule has 35 heavy (non-hydrogen) atoms. The van der Waals surface area contributed by atoms with Gasteiger partial charge in [-0.25, -0.2) is 4.90 Å². The Balaban J connectivity index is 1.58. The third kappa shape index (κ3) is 3.89. The average molecular weight is 492 g/mol. The Kier molecular flexibility index (Phi) is 6.09. The fraction of sp³-hybridized carbons (Fsp3) is 0.231. The van der Waals surface area contributed by atoms with Crippen molar-refractivity contribution in [2.24, 2.45) is 0 Å². The Bertz CT molecular complexity index is 1160. The highest BCUT2D eigenvalue weighted by atomic mass is 31.2. The van der Waals surface area contributed by atoms with Crippen LogP contribution in [0.4, 0.5) is 17.1 Å². The van der Waals surface area contributed by atoms with E-state index in [1.165, 1.54) is 4.90 Å². The van der Waals surface area contributed by atoms with E-state index in [1.807, 2.05) is 63.9 Å². The van der Waals surface area contributed by atoms with Gasteiger partial charge in [0, 0.05) is 30.9 Å². The van der Waals surface area contributed by atoms with Gasteiger partial charge in [-0.3, -0.25) is 9.59 Å². The molecule has 0 aliphatic carbocycles. The van der Waals surface area contributed by atoms with Crippen LogP contribution in [0.5, 0.6) is 11.5 Å². The van der Waals surface area contributed by atoms with Crippen LogP contribution in [0.15, 0.2) is 78.9 Å². The normalized spacial score (nSPS) is 19.4. The number of methoxy groups -OCH3 is 2. The summed E-state index contributed by atoms with van der Waals surface area (Å²) in [5.41, 5.74) is 1.18. The van der Waals surface area contributed by atoms with Crippen molar-refractivity contribution in [2.45, 2.75) is 12.1 Å². The molecule has 2 fully saturated rings. The third-order valence-electron chi connectivity index (χ3n) is 6.53. The zero-order chi connectivity index (χ0) is 24.6. The van der Waals surface area contributed by atoms with Crippen LogP contribution in [0.2, 0.25) is 0 Å². The van der Waals surface area contributed by atoms with Gasteiger partial charge in [0.15, 0.2) is 7.79 Å². The van der Waals surface area contributed by atoms with Gasteiger partial charge in [-0.05, 0) is 60.7 Å². The maximum absolute atomic E-state index is 13.7. The Morgan fingerprint density at radius 3 is 1.69 bits per heavy atom. The van der Waals surface area contributed by atoms with Gasteiger partial charge in [-0.1, -0.05) is 18.2 Å². The number of hydrogen-bond acceptors (Lipinski definition) is 7. The molecule has 2 amide bonds. The van der Waals surface area contributed by atoms with Crippen molar-refractivity contribution in [3.8, 4) is 11.5 Å². The zero-order valence-corrected chi connectivity index (χ0v) is 20.5. The molecule has 8 nitrogen and oxygen atoms in total. The van der Waals surface area contributed by atoms with Crippen LogP contribution in [0, 0.1) is 0 Å². The van der Waals surface area contributed by atoms with Crippen molar-refractivity contribution in [3.05, 3.63) is 78.9 Å². The molecule has 9 heteroatoms. The average Bonchev–Trinajstić information content (AvgIpc) is 3.41. The lowest BCUT2D eigenvalue weighted by Gasteiger charge is -2.45. The van der Waals surface area contributed by atoms with E-state index in [0.717, 1.165) is 11.4 Å². The quantitative estimate of drug-likeness (QED) is 0.410. The lowest BCUT2D eigenvalue weighted by atomic mass is 10.3. The predicted molar refractivity (Wildman–Crippen MR) is 137 cm³/mol. The summed E-state index contributed by atoms with van der Waals surface area (Å²) in [5.74, 6) is 0.709. The largest absolute Gasteiger partial charge is 0.497 e. The summed E-state index contributed by atoms with van der Waals surface area (Å²) in [4.78, 5) is 40.6. The van der Waals surface area contributed by atoms with Gasteiger partial charge in [-0.2, -0.15) is 0 Å². The Labute approximate surface area is 204 Å². The molecule has 1 atom stereocenters. The smallest absolute Gasteiger partial charge is 0.247 e. The summed E-state index contributed by atoms with van der Waals surface area (Å²) in [6.45, 7) is 1.01. The summed E-state index contributed by atoms with van der Waals surface area (Å²) < 4.78 is 14.4. The lowest BCUT2D eigenvalue weighted by molar-refractivity contribution is -0.121. The molecule has 2 saturated heterocycles. The highest BCUT2D eigenvalue weighted by molar-refractivity contribution is 7.75. The number of anilines is 3. The first-order valence-corrected chi connectivity index (χ1v) is 13.1. The van der Waals surface area contributed by atoms with Crippen LogP contribution >= 0.6 is 7.79 Å². The molecule has 0 bridgehead atoms. The van der Waals surface area contributed by atoms with E-state index in [-0.39, 0.29) is 18.2 Å². The standard InChI is InChI=1S/C26H27N3O5P/c1-33-22-12-8-19(9-13-22)27-16-17-28(20-10-14-23(34-2)15-11-20)35(27,32)24-18-25(30)29(26(24)31)21-6-4-3-5-7-21/h3-15,24,32H,16-18H2,1-2H3. The molecule has 0 spiro atoms. The molecule has 0 aromatic heterocycles. The van der Waals surface area contributed by atoms with Gasteiger partial charge in [0.1, 0.15) is 17.2 Å². The number of imide groups is 1. The molecular formula is C26H27N3O5P. The van der Waals surface area contributed by atoms with Crippen LogP contribution in [-0.4, -0.2) is 49.7 Å². The zero-order valence-electron chi connectivity index (χ0n) is 19.6. The van der Waals surface area contributed by atoms with Crippen LogP contribution in [-0.2, 0) is 9.59 Å². The second-order valence-electron chi connectivity index (χ2n) is 8.38. The molecule has 5 rings (SSSR count). The summed E-state index contributed by atoms with van der Waals surface area (Å²) in [6, 6.07) is 23.7. The topological polar surface area (TPSA) is 82.6 Å². The SMILES string of the molecule is COc1ccc(N2CCN(c3ccc(OC)cc3)[P]2(O)C2CC(=O)N(c3ccccc3)C2=O)cc1. The molecule has 1 radical (unpaired) electrons. The van der Waals surface area contributed by atoms with Crippen molar-refractivity contribution in [3.63, 3.8) is 0 Å². The van der Waals surface area contributed by atoms with Crippen molar-refractivity contribution in [1.82, 2.24) is 0 Å². The monoisotopic (exact) mass is 492 g/mol. The maximum Gasteiger partial charge on any atom is 0.247 e. The first-order valence-electron chi connectivity index (χ1n) is 11.3. The van der Waals surface area contributed by atoms with E-state index >= 15 is 0 Å². The van der Waals surface area contributed by atoms with Gasteiger partial charge >= 0.3 is 0 Å². The molecule has 2 aliphatic heterocycles. The van der Waals surface area contributed by atoms with E-state index in [4.69, 9.17) is 9.47 Å². The number of benzene rings is 3. The number of rotatable bonds is 6. The number of hydrogen-bond donors (Lipinski definition) is 1. The van der Waals surface area contributed by atoms with Gasteiger partial charge in [-0.15, -0.1) is 0 Å². The minimum absolute atomic E-state index is 0.0582. The van der Waals surface area contributed by atoms with Crippen molar-refractivity contribution < 1.29 is 24.0 Å². The van der Waals surface area contributed by atoms with E-state index < -0.39 is 13.4 Å². The summed E-state index contributed by atoms with van der Waals surface area (Å²) in [6.07, 6.45) is -0.0582. The third-order valence-corrected chi connectivity index (χ3v) is 10.1. The molecule has 1 unspecified atom stereocenters. The number of nitrogens with zero attached hydrogens (tertiary/aromatic N) is 3. The van der Waals surface area contributed by atoms with Crippen molar-refractivity contribution >= 4 is 36.7 Å². The first kappa shape index (κ1) is 23.1. The molecule has 0 saturated carbocycles. The van der Waals surface area contributed by atoms with Gasteiger partial charge in [0.2, 0.25) is 11.8 Å². The molecule has 1 N–H and O–H groups in total. The van der Waals surface area contributed by atoms with Gasteiger partial charge < -0.3 is 23.7 Å².